The lowest BCUT2D eigenvalue weighted by Gasteiger charge is -2.05. The van der Waals surface area contributed by atoms with Crippen molar-refractivity contribution in [3.63, 3.8) is 0 Å². The van der Waals surface area contributed by atoms with Crippen LogP contribution in [0.15, 0.2) is 120 Å². The molecule has 1 aromatic rings. The van der Waals surface area contributed by atoms with Gasteiger partial charge in [-0.2, -0.15) is 0 Å². The Morgan fingerprint density at radius 1 is 0.935 bits per heavy atom. The molecule has 2 nitrogen and oxygen atoms in total. The highest BCUT2D eigenvalue weighted by molar-refractivity contribution is 5.73. The van der Waals surface area contributed by atoms with Crippen molar-refractivity contribution in [3.05, 3.63) is 126 Å². The molecule has 0 amide bonds. The molecule has 0 bridgehead atoms. The molecule has 0 atom stereocenters. The normalized spacial score (nSPS) is 14.0. The fourth-order valence-electron chi connectivity index (χ4n) is 2.63. The van der Waals surface area contributed by atoms with Crippen molar-refractivity contribution in [3.8, 4) is 0 Å². The molecule has 0 saturated carbocycles. The Balaban J connectivity index is 3.02. The zero-order valence-electron chi connectivity index (χ0n) is 19.5. The van der Waals surface area contributed by atoms with Gasteiger partial charge in [-0.1, -0.05) is 91.6 Å². The first-order valence-corrected chi connectivity index (χ1v) is 10.5. The second-order valence-electron chi connectivity index (χ2n) is 7.32. The number of allylic oxidation sites excluding steroid dienone is 12. The van der Waals surface area contributed by atoms with E-state index in [1.165, 1.54) is 22.3 Å². The maximum atomic E-state index is 4.57. The summed E-state index contributed by atoms with van der Waals surface area (Å²) in [7, 11) is 1.85. The minimum atomic E-state index is 0.809. The third-order valence-electron chi connectivity index (χ3n) is 4.83. The van der Waals surface area contributed by atoms with Gasteiger partial charge in [0, 0.05) is 7.05 Å². The van der Waals surface area contributed by atoms with Crippen LogP contribution in [0.1, 0.15) is 38.3 Å². The predicted molar refractivity (Wildman–Crippen MR) is 140 cm³/mol. The number of benzene rings is 1. The summed E-state index contributed by atoms with van der Waals surface area (Å²) < 4.78 is 0. The van der Waals surface area contributed by atoms with E-state index in [1.807, 2.05) is 25.3 Å². The Morgan fingerprint density at radius 2 is 1.65 bits per heavy atom. The third kappa shape index (κ3) is 9.77. The maximum absolute atomic E-state index is 4.57. The van der Waals surface area contributed by atoms with E-state index in [2.05, 4.69) is 105 Å². The van der Waals surface area contributed by atoms with Crippen molar-refractivity contribution in [2.45, 2.75) is 33.6 Å². The van der Waals surface area contributed by atoms with Gasteiger partial charge in [-0.05, 0) is 61.5 Å². The van der Waals surface area contributed by atoms with Crippen LogP contribution in [-0.2, 0) is 6.42 Å². The summed E-state index contributed by atoms with van der Waals surface area (Å²) in [6.45, 7) is 17.8. The van der Waals surface area contributed by atoms with Crippen LogP contribution in [0, 0.1) is 0 Å². The van der Waals surface area contributed by atoms with Gasteiger partial charge in [-0.25, -0.2) is 4.99 Å². The number of hydrogen-bond acceptors (Lipinski definition) is 1. The molecule has 0 spiro atoms. The van der Waals surface area contributed by atoms with Crippen LogP contribution in [-0.4, -0.2) is 13.4 Å². The molecule has 31 heavy (non-hydrogen) atoms. The summed E-state index contributed by atoms with van der Waals surface area (Å²) >= 11 is 0. The molecule has 1 N–H and O–H groups in total. The molecule has 1 aromatic carbocycles. The Hall–Kier alpha value is -3.39. The molecular weight excluding hydrogens is 376 g/mol. The lowest BCUT2D eigenvalue weighted by atomic mass is 10.0. The highest BCUT2D eigenvalue weighted by Crippen LogP contribution is 2.19. The van der Waals surface area contributed by atoms with E-state index in [9.17, 15) is 0 Å². The standard InChI is InChI=1S/C29H36N2/c1-8-11-27-17-19-28(20-18-27)29(31-22-30-7)21-13-23(4)12-15-26(10-3)16-14-25(6)24(5)9-2/h8-10,12,14-22H,1-3,11,13H2,4-7H3,(H,30,31)/b16-14+,23-12+,25-24-,26-15+,29-21-. The van der Waals surface area contributed by atoms with Crippen molar-refractivity contribution >= 4 is 12.0 Å². The molecule has 0 aliphatic heterocycles. The van der Waals surface area contributed by atoms with E-state index < -0.39 is 0 Å². The zero-order chi connectivity index (χ0) is 23.1. The lowest BCUT2D eigenvalue weighted by Crippen LogP contribution is -2.00. The number of aliphatic imine (C=N–C) groups is 1. The van der Waals surface area contributed by atoms with Crippen molar-refractivity contribution in [1.29, 1.82) is 0 Å². The molecule has 0 unspecified atom stereocenters. The van der Waals surface area contributed by atoms with Gasteiger partial charge in [0.2, 0.25) is 0 Å². The van der Waals surface area contributed by atoms with E-state index in [1.54, 1.807) is 6.34 Å². The first-order valence-electron chi connectivity index (χ1n) is 10.5. The largest absolute Gasteiger partial charge is 0.379 e. The van der Waals surface area contributed by atoms with Crippen LogP contribution in [0.5, 0.6) is 0 Å². The number of nitrogens with one attached hydrogen (secondary N) is 1. The van der Waals surface area contributed by atoms with Crippen LogP contribution in [0.4, 0.5) is 0 Å². The molecule has 0 aromatic heterocycles. The fourth-order valence-corrected chi connectivity index (χ4v) is 2.63. The minimum Gasteiger partial charge on any atom is -0.379 e. The molecule has 0 aliphatic rings. The lowest BCUT2D eigenvalue weighted by molar-refractivity contribution is 1.19. The van der Waals surface area contributed by atoms with Crippen LogP contribution < -0.4 is 5.32 Å². The van der Waals surface area contributed by atoms with Crippen LogP contribution in [0.3, 0.4) is 0 Å². The minimum absolute atomic E-state index is 0.809. The summed E-state index contributed by atoms with van der Waals surface area (Å²) in [4.78, 5) is 4.57. The van der Waals surface area contributed by atoms with E-state index >= 15 is 0 Å². The number of rotatable bonds is 12. The van der Waals surface area contributed by atoms with Gasteiger partial charge in [0.25, 0.3) is 0 Å². The molecule has 0 aliphatic carbocycles. The van der Waals surface area contributed by atoms with Crippen molar-refractivity contribution < 1.29 is 0 Å². The first-order chi connectivity index (χ1) is 14.9. The fraction of sp³-hybridized carbons (Fsp3) is 0.207. The maximum Gasteiger partial charge on any atom is 0.0883 e. The average molecular weight is 413 g/mol. The van der Waals surface area contributed by atoms with Crippen LogP contribution in [0.25, 0.3) is 5.70 Å². The van der Waals surface area contributed by atoms with Gasteiger partial charge in [-0.15, -0.1) is 6.58 Å². The van der Waals surface area contributed by atoms with Gasteiger partial charge in [-0.3, -0.25) is 0 Å². The highest BCUT2D eigenvalue weighted by Gasteiger charge is 2.00. The third-order valence-corrected chi connectivity index (χ3v) is 4.83. The number of hydrogen-bond donors (Lipinski definition) is 1. The van der Waals surface area contributed by atoms with Gasteiger partial charge < -0.3 is 5.32 Å². The average Bonchev–Trinajstić information content (AvgIpc) is 2.79. The summed E-state index contributed by atoms with van der Waals surface area (Å²) in [5.41, 5.74) is 7.95. The number of nitrogens with zero attached hydrogens (tertiary/aromatic N) is 1. The highest BCUT2D eigenvalue weighted by atomic mass is 14.9. The quantitative estimate of drug-likeness (QED) is 0.163. The Morgan fingerprint density at radius 3 is 2.23 bits per heavy atom. The molecular formula is C29H36N2. The second kappa shape index (κ2) is 14.6. The van der Waals surface area contributed by atoms with Crippen molar-refractivity contribution in [2.24, 2.45) is 4.99 Å². The second-order valence-corrected chi connectivity index (χ2v) is 7.32. The monoisotopic (exact) mass is 412 g/mol. The van der Waals surface area contributed by atoms with E-state index in [4.69, 9.17) is 0 Å². The Bertz CT molecular complexity index is 929. The van der Waals surface area contributed by atoms with Crippen LogP contribution >= 0.6 is 0 Å². The first kappa shape index (κ1) is 25.6. The van der Waals surface area contributed by atoms with Crippen molar-refractivity contribution in [2.75, 3.05) is 7.05 Å². The molecule has 0 fully saturated rings. The van der Waals surface area contributed by atoms with E-state index in [0.29, 0.717) is 0 Å². The molecule has 0 radical (unpaired) electrons. The topological polar surface area (TPSA) is 24.4 Å². The molecule has 0 saturated heterocycles. The zero-order valence-corrected chi connectivity index (χ0v) is 19.5. The van der Waals surface area contributed by atoms with E-state index in [-0.39, 0.29) is 0 Å². The molecule has 2 heteroatoms. The Labute approximate surface area is 189 Å². The predicted octanol–water partition coefficient (Wildman–Crippen LogP) is 7.53. The molecule has 0 heterocycles. The summed E-state index contributed by atoms with van der Waals surface area (Å²) in [5, 5.41) is 2.97. The van der Waals surface area contributed by atoms with Crippen LogP contribution in [0.2, 0.25) is 0 Å². The summed E-state index contributed by atoms with van der Waals surface area (Å²) in [6.07, 6.45) is 19.6. The molecule has 162 valence electrons. The smallest absolute Gasteiger partial charge is 0.0883 e. The SMILES string of the molecule is C=CCc1ccc(C(=C/C/C(C)=C/C=C(C=C)/C=C/C(C)=C(/C)C=C)/N=C\NC)cc1. The van der Waals surface area contributed by atoms with Gasteiger partial charge in [0.05, 0.1) is 12.0 Å². The molecule has 1 rings (SSSR count). The van der Waals surface area contributed by atoms with Crippen molar-refractivity contribution in [1.82, 2.24) is 5.32 Å². The Kier molecular flexibility index (Phi) is 12.1. The summed E-state index contributed by atoms with van der Waals surface area (Å²) in [5.74, 6) is 0. The van der Waals surface area contributed by atoms with E-state index in [0.717, 1.165) is 29.7 Å². The van der Waals surface area contributed by atoms with Gasteiger partial charge >= 0.3 is 0 Å². The van der Waals surface area contributed by atoms with Gasteiger partial charge in [0.15, 0.2) is 0 Å². The summed E-state index contributed by atoms with van der Waals surface area (Å²) in [6, 6.07) is 8.47. The van der Waals surface area contributed by atoms with Gasteiger partial charge in [0.1, 0.15) is 0 Å².